The Bertz CT molecular complexity index is 459. The topological polar surface area (TPSA) is 49.9 Å². The predicted octanol–water partition coefficient (Wildman–Crippen LogP) is 1.48. The molecule has 0 bridgehead atoms. The van der Waals surface area contributed by atoms with Gasteiger partial charge in [0.15, 0.2) is 0 Å². The standard InChI is InChI=1S/C12H14N2O3/c1-13-8-7-11(15)14(12(13)16)9-5-3-4-6-10(9)17-2/h3-6H,7-8H2,1-2H3. The Morgan fingerprint density at radius 2 is 1.94 bits per heavy atom. The van der Waals surface area contributed by atoms with Crippen LogP contribution in [-0.4, -0.2) is 37.5 Å². The van der Waals surface area contributed by atoms with E-state index in [4.69, 9.17) is 4.74 Å². The van der Waals surface area contributed by atoms with Crippen LogP contribution in [0, 0.1) is 0 Å². The van der Waals surface area contributed by atoms with Crippen LogP contribution in [0.25, 0.3) is 0 Å². The van der Waals surface area contributed by atoms with E-state index in [-0.39, 0.29) is 11.9 Å². The molecule has 17 heavy (non-hydrogen) atoms. The summed E-state index contributed by atoms with van der Waals surface area (Å²) in [6.45, 7) is 0.462. The van der Waals surface area contributed by atoms with E-state index in [2.05, 4.69) is 0 Å². The first kappa shape index (κ1) is 11.4. The number of carbonyl (C=O) groups is 2. The molecule has 1 saturated heterocycles. The molecule has 0 N–H and O–H groups in total. The van der Waals surface area contributed by atoms with Gasteiger partial charge in [-0.1, -0.05) is 12.1 Å². The molecule has 5 nitrogen and oxygen atoms in total. The second-order valence-electron chi connectivity index (χ2n) is 3.86. The summed E-state index contributed by atoms with van der Waals surface area (Å²) in [5, 5.41) is 0. The quantitative estimate of drug-likeness (QED) is 0.778. The SMILES string of the molecule is COc1ccccc1N1C(=O)CCN(C)C1=O. The maximum Gasteiger partial charge on any atom is 0.331 e. The third-order valence-corrected chi connectivity index (χ3v) is 2.75. The molecule has 1 fully saturated rings. The van der Waals surface area contributed by atoms with E-state index >= 15 is 0 Å². The zero-order valence-electron chi connectivity index (χ0n) is 9.84. The van der Waals surface area contributed by atoms with Gasteiger partial charge in [-0.05, 0) is 12.1 Å². The molecule has 2 rings (SSSR count). The molecule has 0 atom stereocenters. The van der Waals surface area contributed by atoms with Crippen molar-refractivity contribution in [2.45, 2.75) is 6.42 Å². The average Bonchev–Trinajstić information content (AvgIpc) is 2.35. The van der Waals surface area contributed by atoms with Crippen LogP contribution < -0.4 is 9.64 Å². The lowest BCUT2D eigenvalue weighted by Crippen LogP contribution is -2.50. The maximum absolute atomic E-state index is 12.0. The summed E-state index contributed by atoms with van der Waals surface area (Å²) < 4.78 is 5.17. The molecule has 0 aromatic heterocycles. The Morgan fingerprint density at radius 3 is 2.65 bits per heavy atom. The average molecular weight is 234 g/mol. The third-order valence-electron chi connectivity index (χ3n) is 2.75. The number of imide groups is 1. The highest BCUT2D eigenvalue weighted by Crippen LogP contribution is 2.30. The molecule has 1 aromatic carbocycles. The van der Waals surface area contributed by atoms with Gasteiger partial charge >= 0.3 is 6.03 Å². The number of amides is 3. The summed E-state index contributed by atoms with van der Waals surface area (Å²) in [5.74, 6) is 0.321. The Hall–Kier alpha value is -2.04. The second kappa shape index (κ2) is 4.45. The predicted molar refractivity (Wildman–Crippen MR) is 63.1 cm³/mol. The molecule has 5 heteroatoms. The molecule has 1 heterocycles. The van der Waals surface area contributed by atoms with E-state index in [1.165, 1.54) is 16.9 Å². The number of hydrogen-bond donors (Lipinski definition) is 0. The van der Waals surface area contributed by atoms with E-state index in [1.807, 2.05) is 0 Å². The number of benzene rings is 1. The van der Waals surface area contributed by atoms with Gasteiger partial charge in [0.25, 0.3) is 0 Å². The van der Waals surface area contributed by atoms with Gasteiger partial charge in [-0.15, -0.1) is 0 Å². The Labute approximate surface area is 99.6 Å². The van der Waals surface area contributed by atoms with Crippen molar-refractivity contribution in [2.24, 2.45) is 0 Å². The van der Waals surface area contributed by atoms with Gasteiger partial charge in [-0.2, -0.15) is 0 Å². The van der Waals surface area contributed by atoms with E-state index in [1.54, 1.807) is 31.3 Å². The smallest absolute Gasteiger partial charge is 0.331 e. The summed E-state index contributed by atoms with van der Waals surface area (Å²) in [7, 11) is 3.19. The first-order valence-electron chi connectivity index (χ1n) is 5.36. The van der Waals surface area contributed by atoms with E-state index in [0.717, 1.165) is 0 Å². The number of carbonyl (C=O) groups excluding carboxylic acids is 2. The number of hydrogen-bond acceptors (Lipinski definition) is 3. The van der Waals surface area contributed by atoms with Crippen LogP contribution >= 0.6 is 0 Å². The van der Waals surface area contributed by atoms with Crippen molar-refractivity contribution >= 4 is 17.6 Å². The van der Waals surface area contributed by atoms with Crippen molar-refractivity contribution < 1.29 is 14.3 Å². The molecule has 0 spiro atoms. The van der Waals surface area contributed by atoms with Crippen molar-refractivity contribution in [3.05, 3.63) is 24.3 Å². The Kier molecular flexibility index (Phi) is 2.99. The second-order valence-corrected chi connectivity index (χ2v) is 3.86. The number of nitrogens with zero attached hydrogens (tertiary/aromatic N) is 2. The van der Waals surface area contributed by atoms with Crippen LogP contribution in [0.1, 0.15) is 6.42 Å². The van der Waals surface area contributed by atoms with Gasteiger partial charge in [0.2, 0.25) is 5.91 Å². The number of anilines is 1. The third kappa shape index (κ3) is 1.95. The van der Waals surface area contributed by atoms with Gasteiger partial charge in [0.1, 0.15) is 5.75 Å². The fourth-order valence-corrected chi connectivity index (χ4v) is 1.80. The van der Waals surface area contributed by atoms with Crippen LogP contribution in [0.3, 0.4) is 0 Å². The van der Waals surface area contributed by atoms with Crippen molar-refractivity contribution in [2.75, 3.05) is 25.6 Å². The van der Waals surface area contributed by atoms with Crippen LogP contribution in [0.4, 0.5) is 10.5 Å². The number of methoxy groups -OCH3 is 1. The lowest BCUT2D eigenvalue weighted by Gasteiger charge is -2.32. The van der Waals surface area contributed by atoms with E-state index < -0.39 is 0 Å². The van der Waals surface area contributed by atoms with Crippen LogP contribution in [0.5, 0.6) is 5.75 Å². The monoisotopic (exact) mass is 234 g/mol. The number of rotatable bonds is 2. The highest BCUT2D eigenvalue weighted by molar-refractivity contribution is 6.16. The summed E-state index contributed by atoms with van der Waals surface area (Å²) in [6.07, 6.45) is 0.334. The number of ether oxygens (including phenoxy) is 1. The summed E-state index contributed by atoms with van der Waals surface area (Å²) in [4.78, 5) is 26.5. The minimum atomic E-state index is -0.314. The number of para-hydroxylation sites is 2. The zero-order valence-corrected chi connectivity index (χ0v) is 9.84. The lowest BCUT2D eigenvalue weighted by atomic mass is 10.2. The van der Waals surface area contributed by atoms with Crippen molar-refractivity contribution in [1.29, 1.82) is 0 Å². The molecular formula is C12H14N2O3. The van der Waals surface area contributed by atoms with E-state index in [0.29, 0.717) is 24.4 Å². The molecule has 0 saturated carbocycles. The Morgan fingerprint density at radius 1 is 1.24 bits per heavy atom. The number of urea groups is 1. The highest BCUT2D eigenvalue weighted by atomic mass is 16.5. The van der Waals surface area contributed by atoms with E-state index in [9.17, 15) is 9.59 Å². The largest absolute Gasteiger partial charge is 0.495 e. The normalized spacial score (nSPS) is 16.4. The highest BCUT2D eigenvalue weighted by Gasteiger charge is 2.32. The fraction of sp³-hybridized carbons (Fsp3) is 0.333. The first-order valence-corrected chi connectivity index (χ1v) is 5.36. The van der Waals surface area contributed by atoms with Gasteiger partial charge < -0.3 is 9.64 Å². The van der Waals surface area contributed by atoms with Crippen LogP contribution in [-0.2, 0) is 4.79 Å². The van der Waals surface area contributed by atoms with Crippen molar-refractivity contribution in [3.8, 4) is 5.75 Å². The summed E-state index contributed by atoms with van der Waals surface area (Å²) in [6, 6.07) is 6.68. The minimum Gasteiger partial charge on any atom is -0.495 e. The van der Waals surface area contributed by atoms with Crippen LogP contribution in [0.15, 0.2) is 24.3 Å². The molecular weight excluding hydrogens is 220 g/mol. The summed E-state index contributed by atoms with van der Waals surface area (Å²) >= 11 is 0. The fourth-order valence-electron chi connectivity index (χ4n) is 1.80. The minimum absolute atomic E-state index is 0.197. The van der Waals surface area contributed by atoms with Gasteiger partial charge in [0, 0.05) is 20.0 Å². The van der Waals surface area contributed by atoms with Gasteiger partial charge in [0.05, 0.1) is 12.8 Å². The van der Waals surface area contributed by atoms with Crippen molar-refractivity contribution in [3.63, 3.8) is 0 Å². The van der Waals surface area contributed by atoms with Gasteiger partial charge in [-0.25, -0.2) is 9.69 Å². The molecule has 3 amide bonds. The van der Waals surface area contributed by atoms with Crippen molar-refractivity contribution in [1.82, 2.24) is 4.90 Å². The molecule has 1 aromatic rings. The molecule has 90 valence electrons. The zero-order chi connectivity index (χ0) is 12.4. The summed E-state index contributed by atoms with van der Waals surface area (Å²) in [5.41, 5.74) is 0.497. The van der Waals surface area contributed by atoms with Gasteiger partial charge in [-0.3, -0.25) is 4.79 Å². The molecule has 0 unspecified atom stereocenters. The molecule has 1 aliphatic heterocycles. The maximum atomic E-state index is 12.0. The lowest BCUT2D eigenvalue weighted by molar-refractivity contribution is -0.119. The molecule has 1 aliphatic rings. The molecule has 0 radical (unpaired) electrons. The molecule has 0 aliphatic carbocycles. The first-order chi connectivity index (χ1) is 8.15. The Balaban J connectivity index is 2.43. The van der Waals surface area contributed by atoms with Crippen LogP contribution in [0.2, 0.25) is 0 Å².